The van der Waals surface area contributed by atoms with Crippen LogP contribution in [-0.2, 0) is 21.1 Å². The van der Waals surface area contributed by atoms with Gasteiger partial charge in [-0.05, 0) is 6.92 Å². The molecule has 23 heavy (non-hydrogen) atoms. The second-order valence-electron chi connectivity index (χ2n) is 5.78. The quantitative estimate of drug-likeness (QED) is 0.850. The molecule has 2 heterocycles. The van der Waals surface area contributed by atoms with Gasteiger partial charge in [-0.15, -0.1) is 0 Å². The Kier molecular flexibility index (Phi) is 4.21. The fourth-order valence-electron chi connectivity index (χ4n) is 2.76. The van der Waals surface area contributed by atoms with Crippen LogP contribution in [0.2, 0.25) is 0 Å². The maximum Gasteiger partial charge on any atom is 0.229 e. The van der Waals surface area contributed by atoms with Crippen molar-refractivity contribution in [2.45, 2.75) is 19.4 Å². The van der Waals surface area contributed by atoms with Crippen molar-refractivity contribution in [1.29, 1.82) is 0 Å². The molecule has 122 valence electrons. The van der Waals surface area contributed by atoms with Crippen LogP contribution in [0.15, 0.2) is 40.9 Å². The second kappa shape index (κ2) is 6.16. The van der Waals surface area contributed by atoms with Gasteiger partial charge in [0.2, 0.25) is 5.91 Å². The maximum atomic E-state index is 12.4. The molecule has 7 heteroatoms. The zero-order chi connectivity index (χ0) is 16.4. The summed E-state index contributed by atoms with van der Waals surface area (Å²) in [5.41, 5.74) is 1.45. The van der Waals surface area contributed by atoms with E-state index in [1.165, 1.54) is 0 Å². The average molecular weight is 334 g/mol. The van der Waals surface area contributed by atoms with Crippen molar-refractivity contribution in [2.24, 2.45) is 0 Å². The molecule has 0 spiro atoms. The van der Waals surface area contributed by atoms with E-state index in [0.717, 1.165) is 5.56 Å². The van der Waals surface area contributed by atoms with Crippen LogP contribution in [0.3, 0.4) is 0 Å². The third-order valence-corrected chi connectivity index (χ3v) is 5.74. The third-order valence-electron chi connectivity index (χ3n) is 3.94. The first-order valence-corrected chi connectivity index (χ1v) is 9.28. The van der Waals surface area contributed by atoms with Gasteiger partial charge in [0.15, 0.2) is 15.6 Å². The molecule has 3 rings (SSSR count). The predicted molar refractivity (Wildman–Crippen MR) is 85.5 cm³/mol. The van der Waals surface area contributed by atoms with Gasteiger partial charge in [-0.3, -0.25) is 4.79 Å². The Morgan fingerprint density at radius 3 is 2.78 bits per heavy atom. The highest BCUT2D eigenvalue weighted by molar-refractivity contribution is 7.91. The number of amides is 1. The Hall–Kier alpha value is -2.15. The molecule has 1 aliphatic rings. The van der Waals surface area contributed by atoms with Crippen LogP contribution in [0.5, 0.6) is 0 Å². The summed E-state index contributed by atoms with van der Waals surface area (Å²) in [5, 5.41) is 3.94. The van der Waals surface area contributed by atoms with Crippen molar-refractivity contribution in [1.82, 2.24) is 10.1 Å². The van der Waals surface area contributed by atoms with Gasteiger partial charge in [-0.2, -0.15) is 0 Å². The minimum atomic E-state index is -3.03. The average Bonchev–Trinajstić information content (AvgIpc) is 2.95. The van der Waals surface area contributed by atoms with E-state index >= 15 is 0 Å². The Morgan fingerprint density at radius 2 is 2.09 bits per heavy atom. The van der Waals surface area contributed by atoms with E-state index < -0.39 is 9.84 Å². The van der Waals surface area contributed by atoms with E-state index in [-0.39, 0.29) is 36.4 Å². The van der Waals surface area contributed by atoms with Crippen molar-refractivity contribution < 1.29 is 17.7 Å². The molecule has 6 nitrogen and oxygen atoms in total. The minimum Gasteiger partial charge on any atom is -0.356 e. The molecule has 0 radical (unpaired) electrons. The summed E-state index contributed by atoms with van der Waals surface area (Å²) in [5.74, 6) is 0.534. The zero-order valence-corrected chi connectivity index (χ0v) is 13.6. The fourth-order valence-corrected chi connectivity index (χ4v) is 4.32. The molecule has 1 aromatic heterocycles. The normalized spacial score (nSPS) is 20.4. The van der Waals surface area contributed by atoms with Crippen LogP contribution in [-0.4, -0.2) is 48.5 Å². The van der Waals surface area contributed by atoms with Gasteiger partial charge >= 0.3 is 0 Å². The molecule has 0 aliphatic carbocycles. The highest BCUT2D eigenvalue weighted by atomic mass is 32.2. The van der Waals surface area contributed by atoms with E-state index in [0.29, 0.717) is 11.5 Å². The van der Waals surface area contributed by atoms with Crippen LogP contribution in [0.1, 0.15) is 12.6 Å². The van der Waals surface area contributed by atoms with E-state index in [9.17, 15) is 13.2 Å². The second-order valence-corrected chi connectivity index (χ2v) is 8.00. The topological polar surface area (TPSA) is 80.5 Å². The molecular weight excluding hydrogens is 316 g/mol. The predicted octanol–water partition coefficient (Wildman–Crippen LogP) is 1.53. The minimum absolute atomic E-state index is 0.0207. The van der Waals surface area contributed by atoms with Gasteiger partial charge in [0, 0.05) is 24.2 Å². The monoisotopic (exact) mass is 334 g/mol. The highest BCUT2D eigenvalue weighted by Crippen LogP contribution is 2.21. The van der Waals surface area contributed by atoms with Crippen LogP contribution in [0.25, 0.3) is 11.3 Å². The Balaban J connectivity index is 1.68. The molecule has 0 N–H and O–H groups in total. The largest absolute Gasteiger partial charge is 0.356 e. The molecule has 2 aromatic rings. The molecular formula is C16H18N2O4S. The number of benzene rings is 1. The first kappa shape index (κ1) is 15.7. The molecule has 1 aromatic carbocycles. The summed E-state index contributed by atoms with van der Waals surface area (Å²) in [7, 11) is -3.03. The van der Waals surface area contributed by atoms with E-state index in [1.807, 2.05) is 30.3 Å². The van der Waals surface area contributed by atoms with Gasteiger partial charge in [-0.1, -0.05) is 35.5 Å². The molecule has 1 aliphatic heterocycles. The molecule has 1 unspecified atom stereocenters. The lowest BCUT2D eigenvalue weighted by Crippen LogP contribution is -2.50. The standard InChI is InChI=1S/C16H18N2O4S/c1-12-11-23(20,21)8-7-18(12)16(19)10-14-9-15(22-17-14)13-5-3-2-4-6-13/h2-6,9,12H,7-8,10-11H2,1H3. The first-order valence-electron chi connectivity index (χ1n) is 7.45. The van der Waals surface area contributed by atoms with E-state index in [4.69, 9.17) is 4.52 Å². The summed E-state index contributed by atoms with van der Waals surface area (Å²) in [6.07, 6.45) is 0.112. The fraction of sp³-hybridized carbons (Fsp3) is 0.375. The Labute approximate surface area is 135 Å². The highest BCUT2D eigenvalue weighted by Gasteiger charge is 2.31. The van der Waals surface area contributed by atoms with Crippen LogP contribution < -0.4 is 0 Å². The lowest BCUT2D eigenvalue weighted by Gasteiger charge is -2.33. The number of hydrogen-bond acceptors (Lipinski definition) is 5. The van der Waals surface area contributed by atoms with Crippen LogP contribution >= 0.6 is 0 Å². The van der Waals surface area contributed by atoms with Gasteiger partial charge in [0.1, 0.15) is 0 Å². The van der Waals surface area contributed by atoms with E-state index in [1.54, 1.807) is 17.9 Å². The third kappa shape index (κ3) is 3.61. The Morgan fingerprint density at radius 1 is 1.35 bits per heavy atom. The number of aromatic nitrogens is 1. The smallest absolute Gasteiger partial charge is 0.229 e. The first-order chi connectivity index (χ1) is 10.9. The number of hydrogen-bond donors (Lipinski definition) is 0. The van der Waals surface area contributed by atoms with Gasteiger partial charge in [0.25, 0.3) is 0 Å². The lowest BCUT2D eigenvalue weighted by atomic mass is 10.1. The van der Waals surface area contributed by atoms with Crippen molar-refractivity contribution in [3.8, 4) is 11.3 Å². The number of nitrogens with zero attached hydrogens (tertiary/aromatic N) is 2. The Bertz CT molecular complexity index is 798. The summed E-state index contributed by atoms with van der Waals surface area (Å²) in [4.78, 5) is 14.0. The summed E-state index contributed by atoms with van der Waals surface area (Å²) in [6.45, 7) is 2.00. The van der Waals surface area contributed by atoms with Crippen LogP contribution in [0.4, 0.5) is 0 Å². The summed E-state index contributed by atoms with van der Waals surface area (Å²) in [6, 6.07) is 11.0. The SMILES string of the molecule is CC1CS(=O)(=O)CCN1C(=O)Cc1cc(-c2ccccc2)on1. The number of rotatable bonds is 3. The summed E-state index contributed by atoms with van der Waals surface area (Å²) < 4.78 is 28.4. The van der Waals surface area contributed by atoms with Crippen LogP contribution in [0, 0.1) is 0 Å². The molecule has 0 saturated carbocycles. The van der Waals surface area contributed by atoms with Gasteiger partial charge in [-0.25, -0.2) is 8.42 Å². The zero-order valence-electron chi connectivity index (χ0n) is 12.8. The van der Waals surface area contributed by atoms with E-state index in [2.05, 4.69) is 5.16 Å². The van der Waals surface area contributed by atoms with Crippen molar-refractivity contribution >= 4 is 15.7 Å². The molecule has 1 saturated heterocycles. The lowest BCUT2D eigenvalue weighted by molar-refractivity contribution is -0.132. The molecule has 1 atom stereocenters. The summed E-state index contributed by atoms with van der Waals surface area (Å²) >= 11 is 0. The van der Waals surface area contributed by atoms with Crippen molar-refractivity contribution in [3.05, 3.63) is 42.1 Å². The van der Waals surface area contributed by atoms with Gasteiger partial charge < -0.3 is 9.42 Å². The van der Waals surface area contributed by atoms with Crippen molar-refractivity contribution in [2.75, 3.05) is 18.1 Å². The molecule has 0 bridgehead atoms. The van der Waals surface area contributed by atoms with Gasteiger partial charge in [0.05, 0.1) is 23.6 Å². The molecule has 1 amide bonds. The van der Waals surface area contributed by atoms with Crippen molar-refractivity contribution in [3.63, 3.8) is 0 Å². The maximum absolute atomic E-state index is 12.4. The number of sulfone groups is 1. The molecule has 1 fully saturated rings. The number of carbonyl (C=O) groups excluding carboxylic acids is 1. The number of carbonyl (C=O) groups is 1.